The summed E-state index contributed by atoms with van der Waals surface area (Å²) in [5.41, 5.74) is 1.87. The molecule has 1 saturated heterocycles. The zero-order valence-electron chi connectivity index (χ0n) is 14.4. The number of nitrogens with one attached hydrogen (secondary N) is 1. The Morgan fingerprint density at radius 1 is 1.32 bits per heavy atom. The van der Waals surface area contributed by atoms with Gasteiger partial charge in [0.2, 0.25) is 17.6 Å². The minimum atomic E-state index is -0.131. The van der Waals surface area contributed by atoms with Crippen molar-refractivity contribution >= 4 is 5.91 Å². The summed E-state index contributed by atoms with van der Waals surface area (Å²) < 4.78 is 16.0. The Hall–Kier alpha value is -2.25. The number of ether oxygens (including phenoxy) is 2. The molecule has 134 valence electrons. The minimum Gasteiger partial charge on any atom is -0.376 e. The first-order valence-electron chi connectivity index (χ1n) is 8.56. The van der Waals surface area contributed by atoms with Gasteiger partial charge < -0.3 is 19.3 Å². The summed E-state index contributed by atoms with van der Waals surface area (Å²) in [6.45, 7) is 3.53. The first-order chi connectivity index (χ1) is 12.2. The second-order valence-corrected chi connectivity index (χ2v) is 6.11. The van der Waals surface area contributed by atoms with E-state index in [1.807, 2.05) is 24.3 Å². The SMILES string of the molecule is Cc1nc(-c2ccc(CNC(=O)COC[C@@H]3CCCCO3)cc2)no1. The van der Waals surface area contributed by atoms with Crippen LogP contribution in [-0.4, -0.2) is 42.0 Å². The molecule has 1 N–H and O–H groups in total. The molecular formula is C18H23N3O4. The average Bonchev–Trinajstić information content (AvgIpc) is 3.08. The Morgan fingerprint density at radius 3 is 2.84 bits per heavy atom. The number of carbonyl (C=O) groups excluding carboxylic acids is 1. The van der Waals surface area contributed by atoms with Gasteiger partial charge in [-0.15, -0.1) is 0 Å². The molecule has 1 atom stereocenters. The number of nitrogens with zero attached hydrogens (tertiary/aromatic N) is 2. The summed E-state index contributed by atoms with van der Waals surface area (Å²) in [5.74, 6) is 0.963. The molecule has 0 aliphatic carbocycles. The zero-order valence-corrected chi connectivity index (χ0v) is 14.4. The van der Waals surface area contributed by atoms with E-state index in [2.05, 4.69) is 15.5 Å². The Kier molecular flexibility index (Phi) is 6.14. The van der Waals surface area contributed by atoms with Gasteiger partial charge >= 0.3 is 0 Å². The second kappa shape index (κ2) is 8.73. The van der Waals surface area contributed by atoms with Crippen LogP contribution < -0.4 is 5.32 Å². The number of carbonyl (C=O) groups is 1. The molecule has 1 aliphatic rings. The lowest BCUT2D eigenvalue weighted by molar-refractivity contribution is -0.128. The molecule has 2 heterocycles. The number of hydrogen-bond acceptors (Lipinski definition) is 6. The quantitative estimate of drug-likeness (QED) is 0.828. The molecule has 1 fully saturated rings. The van der Waals surface area contributed by atoms with Gasteiger partial charge in [0.25, 0.3) is 0 Å². The van der Waals surface area contributed by atoms with E-state index in [0.717, 1.165) is 30.6 Å². The monoisotopic (exact) mass is 345 g/mol. The lowest BCUT2D eigenvalue weighted by Gasteiger charge is -2.22. The van der Waals surface area contributed by atoms with Crippen molar-refractivity contribution in [2.45, 2.75) is 38.8 Å². The van der Waals surface area contributed by atoms with Crippen LogP contribution in [0.5, 0.6) is 0 Å². The number of amides is 1. The van der Waals surface area contributed by atoms with Gasteiger partial charge in [-0.05, 0) is 24.8 Å². The average molecular weight is 345 g/mol. The summed E-state index contributed by atoms with van der Waals surface area (Å²) in [4.78, 5) is 16.0. The number of aromatic nitrogens is 2. The van der Waals surface area contributed by atoms with Crippen molar-refractivity contribution in [3.05, 3.63) is 35.7 Å². The fraction of sp³-hybridized carbons (Fsp3) is 0.500. The maximum Gasteiger partial charge on any atom is 0.246 e. The number of benzene rings is 1. The van der Waals surface area contributed by atoms with E-state index in [0.29, 0.717) is 24.9 Å². The summed E-state index contributed by atoms with van der Waals surface area (Å²) in [5, 5.41) is 6.73. The lowest BCUT2D eigenvalue weighted by atomic mass is 10.1. The van der Waals surface area contributed by atoms with Crippen molar-refractivity contribution in [3.8, 4) is 11.4 Å². The van der Waals surface area contributed by atoms with Crippen LogP contribution in [-0.2, 0) is 20.8 Å². The Labute approximate surface area is 146 Å². The van der Waals surface area contributed by atoms with Crippen LogP contribution in [0.15, 0.2) is 28.8 Å². The predicted octanol–water partition coefficient (Wildman–Crippen LogP) is 2.25. The zero-order chi connectivity index (χ0) is 17.5. The first-order valence-corrected chi connectivity index (χ1v) is 8.56. The number of aryl methyl sites for hydroxylation is 1. The largest absolute Gasteiger partial charge is 0.376 e. The molecule has 7 heteroatoms. The summed E-state index contributed by atoms with van der Waals surface area (Å²) in [6.07, 6.45) is 3.41. The second-order valence-electron chi connectivity index (χ2n) is 6.11. The van der Waals surface area contributed by atoms with Crippen LogP contribution in [0.25, 0.3) is 11.4 Å². The van der Waals surface area contributed by atoms with E-state index >= 15 is 0 Å². The van der Waals surface area contributed by atoms with Crippen molar-refractivity contribution in [2.24, 2.45) is 0 Å². The van der Waals surface area contributed by atoms with Gasteiger partial charge in [-0.3, -0.25) is 4.79 Å². The maximum absolute atomic E-state index is 11.8. The number of hydrogen-bond donors (Lipinski definition) is 1. The van der Waals surface area contributed by atoms with Gasteiger partial charge in [0.05, 0.1) is 12.7 Å². The minimum absolute atomic E-state index is 0.0556. The van der Waals surface area contributed by atoms with Crippen LogP contribution in [0.3, 0.4) is 0 Å². The predicted molar refractivity (Wildman–Crippen MR) is 90.7 cm³/mol. The maximum atomic E-state index is 11.8. The summed E-state index contributed by atoms with van der Waals surface area (Å²) in [7, 11) is 0. The Balaban J connectivity index is 1.38. The summed E-state index contributed by atoms with van der Waals surface area (Å²) >= 11 is 0. The fourth-order valence-corrected chi connectivity index (χ4v) is 2.66. The number of rotatable bonds is 7. The van der Waals surface area contributed by atoms with E-state index in [9.17, 15) is 4.79 Å². The molecule has 25 heavy (non-hydrogen) atoms. The fourth-order valence-electron chi connectivity index (χ4n) is 2.66. The van der Waals surface area contributed by atoms with Crippen molar-refractivity contribution in [2.75, 3.05) is 19.8 Å². The highest BCUT2D eigenvalue weighted by Gasteiger charge is 2.14. The third-order valence-corrected chi connectivity index (χ3v) is 4.04. The molecule has 1 aromatic carbocycles. The van der Waals surface area contributed by atoms with E-state index < -0.39 is 0 Å². The van der Waals surface area contributed by atoms with E-state index in [1.165, 1.54) is 6.42 Å². The van der Waals surface area contributed by atoms with E-state index in [1.54, 1.807) is 6.92 Å². The van der Waals surface area contributed by atoms with Gasteiger partial charge in [-0.25, -0.2) is 0 Å². The van der Waals surface area contributed by atoms with E-state index in [4.69, 9.17) is 14.0 Å². The molecule has 0 unspecified atom stereocenters. The van der Waals surface area contributed by atoms with Gasteiger partial charge in [-0.1, -0.05) is 29.4 Å². The Morgan fingerprint density at radius 2 is 2.16 bits per heavy atom. The van der Waals surface area contributed by atoms with Crippen LogP contribution in [0.1, 0.15) is 30.7 Å². The molecule has 3 rings (SSSR count). The normalized spacial score (nSPS) is 17.4. The van der Waals surface area contributed by atoms with Gasteiger partial charge in [0.1, 0.15) is 6.61 Å². The molecule has 0 saturated carbocycles. The molecule has 7 nitrogen and oxygen atoms in total. The molecule has 0 radical (unpaired) electrons. The highest BCUT2D eigenvalue weighted by atomic mass is 16.5. The molecular weight excluding hydrogens is 322 g/mol. The third-order valence-electron chi connectivity index (χ3n) is 4.04. The molecule has 0 bridgehead atoms. The van der Waals surface area contributed by atoms with Crippen LogP contribution >= 0.6 is 0 Å². The Bertz CT molecular complexity index is 678. The van der Waals surface area contributed by atoms with Crippen LogP contribution in [0.4, 0.5) is 0 Å². The smallest absolute Gasteiger partial charge is 0.246 e. The van der Waals surface area contributed by atoms with Gasteiger partial charge in [0.15, 0.2) is 0 Å². The van der Waals surface area contributed by atoms with Crippen LogP contribution in [0.2, 0.25) is 0 Å². The molecule has 0 spiro atoms. The van der Waals surface area contributed by atoms with Crippen LogP contribution in [0, 0.1) is 6.92 Å². The van der Waals surface area contributed by atoms with Gasteiger partial charge in [-0.2, -0.15) is 4.98 Å². The van der Waals surface area contributed by atoms with Crippen molar-refractivity contribution in [1.82, 2.24) is 15.5 Å². The first kappa shape index (κ1) is 17.6. The van der Waals surface area contributed by atoms with Crippen molar-refractivity contribution in [1.29, 1.82) is 0 Å². The van der Waals surface area contributed by atoms with Crippen molar-refractivity contribution in [3.63, 3.8) is 0 Å². The standard InChI is InChI=1S/C18H23N3O4/c1-13-20-18(21-25-13)15-7-5-14(6-8-15)10-19-17(22)12-23-11-16-4-2-3-9-24-16/h5-8,16H,2-4,9-12H2,1H3,(H,19,22)/t16-/m0/s1. The molecule has 1 aromatic heterocycles. The molecule has 1 aliphatic heterocycles. The van der Waals surface area contributed by atoms with Gasteiger partial charge in [0, 0.05) is 25.6 Å². The van der Waals surface area contributed by atoms with E-state index in [-0.39, 0.29) is 18.6 Å². The summed E-state index contributed by atoms with van der Waals surface area (Å²) in [6, 6.07) is 7.67. The lowest BCUT2D eigenvalue weighted by Crippen LogP contribution is -2.30. The molecule has 2 aromatic rings. The third kappa shape index (κ3) is 5.37. The van der Waals surface area contributed by atoms with Crippen molar-refractivity contribution < 1.29 is 18.8 Å². The highest BCUT2D eigenvalue weighted by molar-refractivity contribution is 5.77. The topological polar surface area (TPSA) is 86.5 Å². The highest BCUT2D eigenvalue weighted by Crippen LogP contribution is 2.16. The molecule has 1 amide bonds.